The standard InChI is InChI=1S/C8H20NO2.HI/c1-9(2,5-7-10-3)6-8-11-4;/h5-8H2,1-4H3;1H/q+1;/p-1. The molecule has 0 aromatic rings. The molecule has 0 aromatic carbocycles. The number of methoxy groups -OCH3 is 2. The normalized spacial score (nSPS) is 11.0. The summed E-state index contributed by atoms with van der Waals surface area (Å²) >= 11 is 0. The highest BCUT2D eigenvalue weighted by Crippen LogP contribution is 1.95. The summed E-state index contributed by atoms with van der Waals surface area (Å²) in [5.41, 5.74) is 0. The molecule has 76 valence electrons. The van der Waals surface area contributed by atoms with Crippen molar-refractivity contribution in [1.29, 1.82) is 0 Å². The van der Waals surface area contributed by atoms with Gasteiger partial charge in [0.2, 0.25) is 0 Å². The van der Waals surface area contributed by atoms with Crippen molar-refractivity contribution < 1.29 is 37.9 Å². The third-order valence-corrected chi connectivity index (χ3v) is 1.80. The Morgan fingerprint density at radius 3 is 1.50 bits per heavy atom. The van der Waals surface area contributed by atoms with Crippen LogP contribution in [0.1, 0.15) is 0 Å². The summed E-state index contributed by atoms with van der Waals surface area (Å²) in [7, 11) is 7.82. The van der Waals surface area contributed by atoms with Crippen LogP contribution in [0.2, 0.25) is 0 Å². The fraction of sp³-hybridized carbons (Fsp3) is 1.00. The van der Waals surface area contributed by atoms with Gasteiger partial charge in [-0.3, -0.25) is 0 Å². The van der Waals surface area contributed by atoms with Crippen LogP contribution in [0.15, 0.2) is 0 Å². The van der Waals surface area contributed by atoms with Crippen LogP contribution in [0.5, 0.6) is 0 Å². The van der Waals surface area contributed by atoms with Crippen molar-refractivity contribution in [3.05, 3.63) is 0 Å². The quantitative estimate of drug-likeness (QED) is 0.393. The molecule has 0 fully saturated rings. The molecule has 0 aliphatic carbocycles. The second-order valence-corrected chi connectivity index (χ2v) is 3.37. The molecule has 0 aliphatic rings. The SMILES string of the molecule is COCC[N+](C)(C)CCOC.[I-]. The van der Waals surface area contributed by atoms with Crippen molar-refractivity contribution in [1.82, 2.24) is 0 Å². The number of nitrogens with zero attached hydrogens (tertiary/aromatic N) is 1. The van der Waals surface area contributed by atoms with Crippen LogP contribution in [0.4, 0.5) is 0 Å². The first-order valence-electron chi connectivity index (χ1n) is 3.92. The van der Waals surface area contributed by atoms with Gasteiger partial charge < -0.3 is 37.9 Å². The van der Waals surface area contributed by atoms with Gasteiger partial charge in [-0.15, -0.1) is 0 Å². The molecule has 0 bridgehead atoms. The average Bonchev–Trinajstić information content (AvgIpc) is 1.97. The monoisotopic (exact) mass is 289 g/mol. The van der Waals surface area contributed by atoms with Gasteiger partial charge in [-0.25, -0.2) is 0 Å². The van der Waals surface area contributed by atoms with Crippen molar-refractivity contribution in [2.24, 2.45) is 0 Å². The minimum absolute atomic E-state index is 0. The van der Waals surface area contributed by atoms with E-state index in [-0.39, 0.29) is 24.0 Å². The Morgan fingerprint density at radius 2 is 1.25 bits per heavy atom. The predicted molar refractivity (Wildman–Crippen MR) is 45.6 cm³/mol. The van der Waals surface area contributed by atoms with Crippen molar-refractivity contribution in [3.8, 4) is 0 Å². The van der Waals surface area contributed by atoms with Crippen molar-refractivity contribution in [2.45, 2.75) is 0 Å². The molecule has 0 rings (SSSR count). The molecule has 0 saturated carbocycles. The van der Waals surface area contributed by atoms with E-state index in [9.17, 15) is 0 Å². The molecular formula is C8H20INO2. The van der Waals surface area contributed by atoms with E-state index in [1.165, 1.54) is 0 Å². The summed E-state index contributed by atoms with van der Waals surface area (Å²) in [6.45, 7) is 3.72. The lowest BCUT2D eigenvalue weighted by atomic mass is 10.4. The van der Waals surface area contributed by atoms with E-state index in [1.807, 2.05) is 0 Å². The second kappa shape index (κ2) is 8.22. The first-order valence-corrected chi connectivity index (χ1v) is 3.92. The Labute approximate surface area is 92.6 Å². The summed E-state index contributed by atoms with van der Waals surface area (Å²) in [4.78, 5) is 0. The van der Waals surface area contributed by atoms with E-state index in [1.54, 1.807) is 14.2 Å². The number of rotatable bonds is 6. The minimum Gasteiger partial charge on any atom is -1.00 e. The number of quaternary nitrogens is 1. The average molecular weight is 289 g/mol. The molecule has 0 aliphatic heterocycles. The molecule has 0 N–H and O–H groups in total. The third kappa shape index (κ3) is 8.70. The van der Waals surface area contributed by atoms with Gasteiger partial charge in [0.25, 0.3) is 0 Å². The van der Waals surface area contributed by atoms with Gasteiger partial charge in [-0.05, 0) is 0 Å². The van der Waals surface area contributed by atoms with Gasteiger partial charge in [0.05, 0.1) is 27.3 Å². The van der Waals surface area contributed by atoms with E-state index < -0.39 is 0 Å². The minimum atomic E-state index is 0. The molecule has 0 aromatic heterocycles. The fourth-order valence-electron chi connectivity index (χ4n) is 0.789. The number of likely N-dealkylation sites (N-methyl/N-ethyl adjacent to an activating group) is 1. The molecule has 0 spiro atoms. The smallest absolute Gasteiger partial charge is 0.102 e. The number of hydrogen-bond acceptors (Lipinski definition) is 2. The zero-order chi connectivity index (χ0) is 8.74. The number of ether oxygens (including phenoxy) is 2. The number of halogens is 1. The molecule has 0 unspecified atom stereocenters. The lowest BCUT2D eigenvalue weighted by molar-refractivity contribution is -0.891. The second-order valence-electron chi connectivity index (χ2n) is 3.37. The highest BCUT2D eigenvalue weighted by Gasteiger charge is 2.12. The molecular weight excluding hydrogens is 269 g/mol. The van der Waals surface area contributed by atoms with Gasteiger partial charge in [0, 0.05) is 14.2 Å². The van der Waals surface area contributed by atoms with Crippen LogP contribution < -0.4 is 24.0 Å². The van der Waals surface area contributed by atoms with Gasteiger partial charge in [-0.2, -0.15) is 0 Å². The van der Waals surface area contributed by atoms with Gasteiger partial charge in [0.15, 0.2) is 0 Å². The maximum atomic E-state index is 5.00. The van der Waals surface area contributed by atoms with Crippen LogP contribution in [-0.2, 0) is 9.47 Å². The van der Waals surface area contributed by atoms with Crippen LogP contribution in [0.25, 0.3) is 0 Å². The molecule has 0 amide bonds. The first-order chi connectivity index (χ1) is 5.12. The summed E-state index contributed by atoms with van der Waals surface area (Å²) in [5, 5.41) is 0. The van der Waals surface area contributed by atoms with Crippen LogP contribution >= 0.6 is 0 Å². The predicted octanol–water partition coefficient (Wildman–Crippen LogP) is -2.64. The fourth-order valence-corrected chi connectivity index (χ4v) is 0.789. The lowest BCUT2D eigenvalue weighted by Gasteiger charge is -2.28. The zero-order valence-electron chi connectivity index (χ0n) is 8.47. The highest BCUT2D eigenvalue weighted by molar-refractivity contribution is 4.32. The Bertz CT molecular complexity index is 89.1. The maximum absolute atomic E-state index is 5.00. The number of hydrogen-bond donors (Lipinski definition) is 0. The van der Waals surface area contributed by atoms with Crippen LogP contribution in [0, 0.1) is 0 Å². The topological polar surface area (TPSA) is 18.5 Å². The highest BCUT2D eigenvalue weighted by atomic mass is 127. The van der Waals surface area contributed by atoms with Gasteiger partial charge in [-0.1, -0.05) is 0 Å². The van der Waals surface area contributed by atoms with Crippen LogP contribution in [0.3, 0.4) is 0 Å². The maximum Gasteiger partial charge on any atom is 0.102 e. The van der Waals surface area contributed by atoms with E-state index in [0.717, 1.165) is 30.8 Å². The Morgan fingerprint density at radius 1 is 0.917 bits per heavy atom. The zero-order valence-corrected chi connectivity index (χ0v) is 10.6. The van der Waals surface area contributed by atoms with Crippen LogP contribution in [-0.4, -0.2) is 59.1 Å². The van der Waals surface area contributed by atoms with E-state index in [0.29, 0.717) is 0 Å². The van der Waals surface area contributed by atoms with Gasteiger partial charge >= 0.3 is 0 Å². The van der Waals surface area contributed by atoms with E-state index >= 15 is 0 Å². The Hall–Kier alpha value is 0.610. The molecule has 4 heteroatoms. The third-order valence-electron chi connectivity index (χ3n) is 1.80. The molecule has 0 heterocycles. The van der Waals surface area contributed by atoms with Gasteiger partial charge in [0.1, 0.15) is 13.1 Å². The summed E-state index contributed by atoms with van der Waals surface area (Å²) in [6, 6.07) is 0. The van der Waals surface area contributed by atoms with E-state index in [4.69, 9.17) is 9.47 Å². The molecule has 0 saturated heterocycles. The summed E-state index contributed by atoms with van der Waals surface area (Å²) in [5.74, 6) is 0. The lowest BCUT2D eigenvalue weighted by Crippen LogP contribution is -3.00. The van der Waals surface area contributed by atoms with Crippen molar-refractivity contribution in [2.75, 3.05) is 54.6 Å². The largest absolute Gasteiger partial charge is 1.00 e. The summed E-state index contributed by atoms with van der Waals surface area (Å²) in [6.07, 6.45) is 0. The Balaban J connectivity index is 0. The molecule has 12 heavy (non-hydrogen) atoms. The first kappa shape index (κ1) is 15.1. The van der Waals surface area contributed by atoms with Crippen molar-refractivity contribution >= 4 is 0 Å². The summed E-state index contributed by atoms with van der Waals surface area (Å²) < 4.78 is 11.0. The van der Waals surface area contributed by atoms with Crippen molar-refractivity contribution in [3.63, 3.8) is 0 Å². The molecule has 3 nitrogen and oxygen atoms in total. The molecule has 0 atom stereocenters. The molecule has 0 radical (unpaired) electrons. The van der Waals surface area contributed by atoms with E-state index in [2.05, 4.69) is 14.1 Å². The Kier molecular flexibility index (Phi) is 10.3.